The van der Waals surface area contributed by atoms with E-state index < -0.39 is 6.10 Å². The number of aliphatic hydroxyl groups excluding tert-OH is 1. The van der Waals surface area contributed by atoms with E-state index in [0.29, 0.717) is 6.04 Å². The molecule has 0 bridgehead atoms. The number of nitrogens with zero attached hydrogens (tertiary/aromatic N) is 1. The van der Waals surface area contributed by atoms with Crippen LogP contribution in [0.1, 0.15) is 51.2 Å². The predicted octanol–water partition coefficient (Wildman–Crippen LogP) is 4.16. The first-order valence-electron chi connectivity index (χ1n) is 6.87. The van der Waals surface area contributed by atoms with Crippen LogP contribution in [0.4, 0.5) is 5.69 Å². The first kappa shape index (κ1) is 13.7. The number of halogens is 1. The van der Waals surface area contributed by atoms with Gasteiger partial charge in [-0.05, 0) is 43.9 Å². The lowest BCUT2D eigenvalue weighted by molar-refractivity contribution is 0.199. The summed E-state index contributed by atoms with van der Waals surface area (Å²) in [5.74, 6) is 0. The van der Waals surface area contributed by atoms with Gasteiger partial charge < -0.3 is 10.0 Å². The molecule has 1 fully saturated rings. The van der Waals surface area contributed by atoms with Gasteiger partial charge in [-0.2, -0.15) is 0 Å². The molecule has 0 amide bonds. The zero-order valence-electron chi connectivity index (χ0n) is 11.2. The summed E-state index contributed by atoms with van der Waals surface area (Å²) in [7, 11) is 0. The maximum absolute atomic E-state index is 9.57. The zero-order valence-corrected chi connectivity index (χ0v) is 12.0. The van der Waals surface area contributed by atoms with E-state index in [1.165, 1.54) is 25.7 Å². The van der Waals surface area contributed by atoms with Crippen molar-refractivity contribution < 1.29 is 5.11 Å². The standard InChI is InChI=1S/C15H22ClNO/c1-3-4-9-17(13-6-7-13)15-8-5-12(11(2)18)10-14(15)16/h5,8,10-11,13,18H,3-4,6-7,9H2,1-2H3/t11-/m1/s1. The van der Waals surface area contributed by atoms with Crippen LogP contribution in [0.5, 0.6) is 0 Å². The third-order valence-corrected chi connectivity index (χ3v) is 3.81. The smallest absolute Gasteiger partial charge is 0.0762 e. The van der Waals surface area contributed by atoms with E-state index in [1.807, 2.05) is 12.1 Å². The minimum atomic E-state index is -0.457. The van der Waals surface area contributed by atoms with Gasteiger partial charge in [-0.1, -0.05) is 31.0 Å². The van der Waals surface area contributed by atoms with Crippen molar-refractivity contribution in [2.24, 2.45) is 0 Å². The number of hydrogen-bond donors (Lipinski definition) is 1. The van der Waals surface area contributed by atoms with E-state index >= 15 is 0 Å². The van der Waals surface area contributed by atoms with Crippen LogP contribution in [-0.2, 0) is 0 Å². The van der Waals surface area contributed by atoms with E-state index in [9.17, 15) is 5.11 Å². The third-order valence-electron chi connectivity index (χ3n) is 3.50. The number of aliphatic hydroxyl groups is 1. The second-order valence-corrected chi connectivity index (χ2v) is 5.57. The lowest BCUT2D eigenvalue weighted by Gasteiger charge is -2.26. The van der Waals surface area contributed by atoms with E-state index in [1.54, 1.807) is 6.92 Å². The van der Waals surface area contributed by atoms with Crippen molar-refractivity contribution in [2.45, 2.75) is 51.7 Å². The van der Waals surface area contributed by atoms with Gasteiger partial charge in [-0.3, -0.25) is 0 Å². The summed E-state index contributed by atoms with van der Waals surface area (Å²) in [6.45, 7) is 5.05. The summed E-state index contributed by atoms with van der Waals surface area (Å²) in [4.78, 5) is 2.43. The van der Waals surface area contributed by atoms with Crippen molar-refractivity contribution in [3.8, 4) is 0 Å². The summed E-state index contributed by atoms with van der Waals surface area (Å²) in [6, 6.07) is 6.60. The molecule has 2 nitrogen and oxygen atoms in total. The molecule has 1 aliphatic rings. The van der Waals surface area contributed by atoms with Gasteiger partial charge in [0.05, 0.1) is 16.8 Å². The molecule has 1 aromatic rings. The van der Waals surface area contributed by atoms with Crippen LogP contribution in [0, 0.1) is 0 Å². The molecule has 18 heavy (non-hydrogen) atoms. The molecule has 0 spiro atoms. The van der Waals surface area contributed by atoms with Crippen LogP contribution in [-0.4, -0.2) is 17.7 Å². The van der Waals surface area contributed by atoms with E-state index in [-0.39, 0.29) is 0 Å². The highest BCUT2D eigenvalue weighted by Gasteiger charge is 2.29. The Bertz CT molecular complexity index is 401. The van der Waals surface area contributed by atoms with E-state index in [4.69, 9.17) is 11.6 Å². The number of rotatable bonds is 6. The van der Waals surface area contributed by atoms with Crippen molar-refractivity contribution in [3.05, 3.63) is 28.8 Å². The largest absolute Gasteiger partial charge is 0.389 e. The second kappa shape index (κ2) is 5.94. The van der Waals surface area contributed by atoms with E-state index in [0.717, 1.165) is 22.8 Å². The molecule has 0 unspecified atom stereocenters. The van der Waals surface area contributed by atoms with Gasteiger partial charge in [0.2, 0.25) is 0 Å². The third kappa shape index (κ3) is 3.18. The molecule has 1 atom stereocenters. The fourth-order valence-electron chi connectivity index (χ4n) is 2.23. The highest BCUT2D eigenvalue weighted by molar-refractivity contribution is 6.33. The Balaban J connectivity index is 2.19. The SMILES string of the molecule is CCCCN(c1ccc([C@@H](C)O)cc1Cl)C1CC1. The monoisotopic (exact) mass is 267 g/mol. The fraction of sp³-hybridized carbons (Fsp3) is 0.600. The molecule has 1 N–H and O–H groups in total. The Labute approximate surface area is 115 Å². The quantitative estimate of drug-likeness (QED) is 0.837. The Morgan fingerprint density at radius 1 is 1.44 bits per heavy atom. The van der Waals surface area contributed by atoms with Crippen LogP contribution in [0.2, 0.25) is 5.02 Å². The fourth-order valence-corrected chi connectivity index (χ4v) is 2.53. The van der Waals surface area contributed by atoms with Gasteiger partial charge in [0.15, 0.2) is 0 Å². The van der Waals surface area contributed by atoms with E-state index in [2.05, 4.69) is 17.9 Å². The van der Waals surface area contributed by atoms with Crippen LogP contribution in [0.3, 0.4) is 0 Å². The van der Waals surface area contributed by atoms with Gasteiger partial charge >= 0.3 is 0 Å². The molecule has 0 aromatic heterocycles. The van der Waals surface area contributed by atoms with Gasteiger partial charge in [-0.25, -0.2) is 0 Å². The molecular weight excluding hydrogens is 246 g/mol. The lowest BCUT2D eigenvalue weighted by atomic mass is 10.1. The maximum atomic E-state index is 9.57. The number of unbranched alkanes of at least 4 members (excludes halogenated alkanes) is 1. The molecule has 1 aliphatic carbocycles. The molecule has 0 heterocycles. The second-order valence-electron chi connectivity index (χ2n) is 5.16. The van der Waals surface area contributed by atoms with Crippen molar-refractivity contribution in [1.82, 2.24) is 0 Å². The maximum Gasteiger partial charge on any atom is 0.0762 e. The first-order chi connectivity index (χ1) is 8.63. The zero-order chi connectivity index (χ0) is 13.1. The summed E-state index contributed by atoms with van der Waals surface area (Å²) < 4.78 is 0. The first-order valence-corrected chi connectivity index (χ1v) is 7.25. The number of benzene rings is 1. The van der Waals surface area contributed by atoms with Gasteiger partial charge in [0.1, 0.15) is 0 Å². The Kier molecular flexibility index (Phi) is 4.52. The molecular formula is C15H22ClNO. The minimum absolute atomic E-state index is 0.457. The minimum Gasteiger partial charge on any atom is -0.389 e. The molecule has 1 saturated carbocycles. The Morgan fingerprint density at radius 2 is 2.17 bits per heavy atom. The molecule has 3 heteroatoms. The molecule has 0 aliphatic heterocycles. The van der Waals surface area contributed by atoms with Crippen molar-refractivity contribution in [1.29, 1.82) is 0 Å². The van der Waals surface area contributed by atoms with Crippen molar-refractivity contribution in [2.75, 3.05) is 11.4 Å². The lowest BCUT2D eigenvalue weighted by Crippen LogP contribution is -2.27. The average Bonchev–Trinajstić information content (AvgIpc) is 3.15. The summed E-state index contributed by atoms with van der Waals surface area (Å²) in [5.41, 5.74) is 2.01. The molecule has 0 radical (unpaired) electrons. The predicted molar refractivity (Wildman–Crippen MR) is 77.4 cm³/mol. The number of hydrogen-bond acceptors (Lipinski definition) is 2. The Morgan fingerprint density at radius 3 is 2.67 bits per heavy atom. The van der Waals surface area contributed by atoms with Crippen LogP contribution in [0.25, 0.3) is 0 Å². The average molecular weight is 268 g/mol. The highest BCUT2D eigenvalue weighted by atomic mass is 35.5. The molecule has 2 rings (SSSR count). The van der Waals surface area contributed by atoms with Crippen molar-refractivity contribution >= 4 is 17.3 Å². The van der Waals surface area contributed by atoms with Crippen molar-refractivity contribution in [3.63, 3.8) is 0 Å². The number of anilines is 1. The summed E-state index contributed by atoms with van der Waals surface area (Å²) >= 11 is 6.37. The van der Waals surface area contributed by atoms with Crippen LogP contribution >= 0.6 is 11.6 Å². The van der Waals surface area contributed by atoms with Crippen LogP contribution < -0.4 is 4.90 Å². The Hall–Kier alpha value is -0.730. The van der Waals surface area contributed by atoms with Gasteiger partial charge in [0.25, 0.3) is 0 Å². The van der Waals surface area contributed by atoms with Gasteiger partial charge in [-0.15, -0.1) is 0 Å². The molecule has 0 saturated heterocycles. The highest BCUT2D eigenvalue weighted by Crippen LogP contribution is 2.37. The topological polar surface area (TPSA) is 23.5 Å². The normalized spacial score (nSPS) is 16.7. The van der Waals surface area contributed by atoms with Gasteiger partial charge in [0, 0.05) is 12.6 Å². The summed E-state index contributed by atoms with van der Waals surface area (Å²) in [5, 5.41) is 10.3. The molecule has 100 valence electrons. The molecule has 1 aromatic carbocycles. The summed E-state index contributed by atoms with van der Waals surface area (Å²) in [6.07, 6.45) is 4.50. The van der Waals surface area contributed by atoms with Crippen LogP contribution in [0.15, 0.2) is 18.2 Å².